The van der Waals surface area contributed by atoms with Crippen molar-refractivity contribution < 1.29 is 29.0 Å². The molecule has 8 heteroatoms. The van der Waals surface area contributed by atoms with Crippen molar-refractivity contribution in [3.8, 4) is 11.5 Å². The van der Waals surface area contributed by atoms with Crippen molar-refractivity contribution in [2.75, 3.05) is 7.11 Å². The fraction of sp³-hybridized carbons (Fsp3) is 0.257. The van der Waals surface area contributed by atoms with Crippen molar-refractivity contribution in [1.82, 2.24) is 5.32 Å². The van der Waals surface area contributed by atoms with E-state index in [0.29, 0.717) is 33.2 Å². The molecule has 2 amide bonds. The van der Waals surface area contributed by atoms with Crippen LogP contribution in [0.4, 0.5) is 0 Å². The monoisotopic (exact) mass is 637 g/mol. The summed E-state index contributed by atoms with van der Waals surface area (Å²) in [7, 11) is 1.45. The van der Waals surface area contributed by atoms with Crippen LogP contribution in [-0.2, 0) is 24.6 Å². The third kappa shape index (κ3) is 3.92. The molecule has 216 valence electrons. The Morgan fingerprint density at radius 2 is 1.63 bits per heavy atom. The Bertz CT molecular complexity index is 1760. The second-order valence-corrected chi connectivity index (χ2v) is 12.5. The molecule has 0 spiro atoms. The number of amides is 2. The van der Waals surface area contributed by atoms with Crippen LogP contribution in [0.25, 0.3) is 5.57 Å². The molecular formula is C35H28BrNO6. The van der Waals surface area contributed by atoms with Gasteiger partial charge in [-0.3, -0.25) is 24.5 Å². The number of phenolic OH excluding ortho intramolecular Hbond substituents is 1. The molecule has 43 heavy (non-hydrogen) atoms. The number of nitrogens with one attached hydrogen (secondary N) is 1. The van der Waals surface area contributed by atoms with Gasteiger partial charge in [-0.25, -0.2) is 0 Å². The molecule has 3 aromatic carbocycles. The van der Waals surface area contributed by atoms with Gasteiger partial charge >= 0.3 is 0 Å². The Kier molecular flexibility index (Phi) is 6.50. The molecule has 7 nitrogen and oxygen atoms in total. The SMILES string of the molecule is COc1cc(C2C3=CCC4C(=O)NC(=O)C4C3CC3C(=O)C(c4ccccc4)=CC(=O)C32c2ccccc2)cc(Br)c1O. The van der Waals surface area contributed by atoms with E-state index >= 15 is 0 Å². The van der Waals surface area contributed by atoms with Gasteiger partial charge in [0.05, 0.1) is 28.8 Å². The van der Waals surface area contributed by atoms with Crippen LogP contribution in [0.2, 0.25) is 0 Å². The van der Waals surface area contributed by atoms with Crippen LogP contribution in [0, 0.1) is 23.7 Å². The molecule has 1 saturated heterocycles. The summed E-state index contributed by atoms with van der Waals surface area (Å²) in [6.45, 7) is 0. The zero-order chi connectivity index (χ0) is 30.0. The first-order valence-corrected chi connectivity index (χ1v) is 15.1. The first-order valence-electron chi connectivity index (χ1n) is 14.3. The van der Waals surface area contributed by atoms with E-state index in [4.69, 9.17) is 4.74 Å². The number of carbonyl (C=O) groups is 4. The van der Waals surface area contributed by atoms with Gasteiger partial charge in [0.25, 0.3) is 0 Å². The summed E-state index contributed by atoms with van der Waals surface area (Å²) in [6.07, 6.45) is 4.07. The van der Waals surface area contributed by atoms with E-state index in [9.17, 15) is 24.3 Å². The maximum Gasteiger partial charge on any atom is 0.231 e. The highest BCUT2D eigenvalue weighted by Gasteiger charge is 2.65. The number of carbonyl (C=O) groups excluding carboxylic acids is 4. The molecule has 0 bridgehead atoms. The molecule has 7 rings (SSSR count). The molecule has 3 aromatic rings. The summed E-state index contributed by atoms with van der Waals surface area (Å²) in [4.78, 5) is 55.7. The summed E-state index contributed by atoms with van der Waals surface area (Å²) >= 11 is 3.46. The minimum atomic E-state index is -1.34. The van der Waals surface area contributed by atoms with Crippen LogP contribution in [-0.4, -0.2) is 35.6 Å². The number of rotatable bonds is 4. The van der Waals surface area contributed by atoms with Crippen LogP contribution in [0.5, 0.6) is 11.5 Å². The quantitative estimate of drug-likeness (QED) is 0.298. The smallest absolute Gasteiger partial charge is 0.231 e. The van der Waals surface area contributed by atoms with Crippen LogP contribution < -0.4 is 10.1 Å². The average Bonchev–Trinajstić information content (AvgIpc) is 3.32. The van der Waals surface area contributed by atoms with Crippen molar-refractivity contribution >= 4 is 44.9 Å². The van der Waals surface area contributed by atoms with Crippen molar-refractivity contribution in [3.05, 3.63) is 112 Å². The summed E-state index contributed by atoms with van der Waals surface area (Å²) < 4.78 is 5.90. The van der Waals surface area contributed by atoms with E-state index in [1.807, 2.05) is 66.7 Å². The number of methoxy groups -OCH3 is 1. The number of ether oxygens (including phenoxy) is 1. The van der Waals surface area contributed by atoms with Crippen LogP contribution >= 0.6 is 15.9 Å². The Balaban J connectivity index is 1.55. The van der Waals surface area contributed by atoms with E-state index in [1.165, 1.54) is 13.2 Å². The molecule has 2 N–H and O–H groups in total. The van der Waals surface area contributed by atoms with E-state index in [1.54, 1.807) is 12.1 Å². The predicted octanol–water partition coefficient (Wildman–Crippen LogP) is 5.28. The molecule has 6 unspecified atom stereocenters. The zero-order valence-electron chi connectivity index (χ0n) is 23.3. The molecule has 3 aliphatic carbocycles. The highest BCUT2D eigenvalue weighted by molar-refractivity contribution is 9.10. The van der Waals surface area contributed by atoms with Gasteiger partial charge in [-0.1, -0.05) is 72.3 Å². The highest BCUT2D eigenvalue weighted by Crippen LogP contribution is 2.63. The van der Waals surface area contributed by atoms with Gasteiger partial charge in [0, 0.05) is 17.4 Å². The molecule has 6 atom stereocenters. The first kappa shape index (κ1) is 27.5. The number of hydrogen-bond acceptors (Lipinski definition) is 6. The Labute approximate surface area is 256 Å². The standard InChI is InChI=1S/C35H28BrNO6/c1-43-27-15-19(14-26(36)32(27)40)30-21-12-13-22-29(34(42)37-33(22)41)24(21)16-25-31(39)23(18-8-4-2-5-9-18)17-28(38)35(25,30)20-10-6-3-7-11-20/h2-12,14-15,17,22,24-25,29-30,40H,13,16H2,1H3,(H,37,41,42). The fourth-order valence-corrected chi connectivity index (χ4v) is 8.54. The number of fused-ring (bicyclic) bond motifs is 4. The molecule has 1 heterocycles. The van der Waals surface area contributed by atoms with Gasteiger partial charge in [-0.05, 0) is 69.6 Å². The van der Waals surface area contributed by atoms with Gasteiger partial charge in [0.15, 0.2) is 23.1 Å². The molecule has 1 saturated carbocycles. The predicted molar refractivity (Wildman–Crippen MR) is 162 cm³/mol. The number of benzene rings is 3. The summed E-state index contributed by atoms with van der Waals surface area (Å²) in [5, 5.41) is 13.2. The van der Waals surface area contributed by atoms with Crippen molar-refractivity contribution in [1.29, 1.82) is 0 Å². The second-order valence-electron chi connectivity index (χ2n) is 11.7. The van der Waals surface area contributed by atoms with Crippen LogP contribution in [0.15, 0.2) is 95.0 Å². The summed E-state index contributed by atoms with van der Waals surface area (Å²) in [5.41, 5.74) is 1.87. The minimum Gasteiger partial charge on any atom is -0.503 e. The Hall–Kier alpha value is -4.30. The Morgan fingerprint density at radius 3 is 2.33 bits per heavy atom. The average molecular weight is 639 g/mol. The van der Waals surface area contributed by atoms with Gasteiger partial charge in [0.1, 0.15) is 0 Å². The number of allylic oxidation sites excluding steroid dienone is 4. The lowest BCUT2D eigenvalue weighted by molar-refractivity contribution is -0.135. The normalized spacial score (nSPS) is 29.6. The number of imide groups is 1. The Morgan fingerprint density at radius 1 is 0.930 bits per heavy atom. The molecule has 0 radical (unpaired) electrons. The molecule has 2 fully saturated rings. The number of phenols is 1. The maximum atomic E-state index is 14.9. The van der Waals surface area contributed by atoms with Gasteiger partial charge < -0.3 is 9.84 Å². The van der Waals surface area contributed by atoms with Gasteiger partial charge in [-0.15, -0.1) is 0 Å². The summed E-state index contributed by atoms with van der Waals surface area (Å²) in [6, 6.07) is 22.0. The van der Waals surface area contributed by atoms with Gasteiger partial charge in [0.2, 0.25) is 11.8 Å². The second kappa shape index (κ2) is 10.2. The molecule has 4 aliphatic rings. The van der Waals surface area contributed by atoms with Crippen molar-refractivity contribution in [2.24, 2.45) is 23.7 Å². The van der Waals surface area contributed by atoms with E-state index in [2.05, 4.69) is 21.2 Å². The van der Waals surface area contributed by atoms with Crippen LogP contribution in [0.1, 0.15) is 35.4 Å². The number of hydrogen-bond donors (Lipinski definition) is 2. The number of Topliss-reactive ketones (excluding diaryl/α,β-unsaturated/α-hetero) is 1. The third-order valence-corrected chi connectivity index (χ3v) is 10.4. The number of aromatic hydroxyl groups is 1. The minimum absolute atomic E-state index is 0.0836. The first-order chi connectivity index (χ1) is 20.8. The number of ketones is 2. The van der Waals surface area contributed by atoms with E-state index in [-0.39, 0.29) is 41.3 Å². The summed E-state index contributed by atoms with van der Waals surface area (Å²) in [5.74, 6) is -3.99. The fourth-order valence-electron chi connectivity index (χ4n) is 8.08. The van der Waals surface area contributed by atoms with Crippen molar-refractivity contribution in [3.63, 3.8) is 0 Å². The topological polar surface area (TPSA) is 110 Å². The molecule has 1 aliphatic heterocycles. The lowest BCUT2D eigenvalue weighted by Gasteiger charge is -2.55. The van der Waals surface area contributed by atoms with Gasteiger partial charge in [-0.2, -0.15) is 0 Å². The lowest BCUT2D eigenvalue weighted by atomic mass is 9.44. The van der Waals surface area contributed by atoms with Crippen molar-refractivity contribution in [2.45, 2.75) is 24.2 Å². The maximum absolute atomic E-state index is 14.9. The lowest BCUT2D eigenvalue weighted by Crippen LogP contribution is -2.58. The van der Waals surface area contributed by atoms with Crippen LogP contribution in [0.3, 0.4) is 0 Å². The molecule has 0 aromatic heterocycles. The number of halogens is 1. The molecular weight excluding hydrogens is 610 g/mol. The highest BCUT2D eigenvalue weighted by atomic mass is 79.9. The van der Waals surface area contributed by atoms with E-state index < -0.39 is 35.0 Å². The third-order valence-electron chi connectivity index (χ3n) is 9.82. The van der Waals surface area contributed by atoms with E-state index in [0.717, 1.165) is 5.57 Å². The zero-order valence-corrected chi connectivity index (χ0v) is 24.8. The largest absolute Gasteiger partial charge is 0.503 e.